The van der Waals surface area contributed by atoms with E-state index in [1.165, 1.54) is 10.4 Å². The molecular weight excluding hydrogens is 332 g/mol. The van der Waals surface area contributed by atoms with Gasteiger partial charge >= 0.3 is 0 Å². The van der Waals surface area contributed by atoms with E-state index in [1.807, 2.05) is 31.2 Å². The minimum atomic E-state index is -0.0590. The van der Waals surface area contributed by atoms with Gasteiger partial charge in [-0.1, -0.05) is 35.9 Å². The molecule has 0 spiro atoms. The van der Waals surface area contributed by atoms with Crippen LogP contribution in [0.15, 0.2) is 47.9 Å². The van der Waals surface area contributed by atoms with Crippen LogP contribution in [0.25, 0.3) is 6.08 Å². The first-order chi connectivity index (χ1) is 12.2. The molecule has 5 heteroatoms. The zero-order valence-electron chi connectivity index (χ0n) is 14.5. The highest BCUT2D eigenvalue weighted by molar-refractivity contribution is 7.10. The predicted octanol–water partition coefficient (Wildman–Crippen LogP) is 3.26. The number of carbonyl (C=O) groups excluding carboxylic acids is 1. The second-order valence-corrected chi connectivity index (χ2v) is 7.15. The van der Waals surface area contributed by atoms with Crippen LogP contribution in [0.2, 0.25) is 0 Å². The lowest BCUT2D eigenvalue weighted by molar-refractivity contribution is -0.116. The molecule has 1 aliphatic rings. The molecule has 2 heterocycles. The smallest absolute Gasteiger partial charge is 0.244 e. The van der Waals surface area contributed by atoms with E-state index in [9.17, 15) is 4.79 Å². The number of nitrogens with zero attached hydrogens (tertiary/aromatic N) is 1. The van der Waals surface area contributed by atoms with E-state index in [0.29, 0.717) is 6.54 Å². The van der Waals surface area contributed by atoms with Gasteiger partial charge in [0.25, 0.3) is 0 Å². The summed E-state index contributed by atoms with van der Waals surface area (Å²) in [6, 6.07) is 12.5. The van der Waals surface area contributed by atoms with Gasteiger partial charge in [-0.05, 0) is 30.0 Å². The molecule has 0 aliphatic carbocycles. The van der Waals surface area contributed by atoms with Gasteiger partial charge in [0.05, 0.1) is 19.3 Å². The Labute approximate surface area is 153 Å². The Kier molecular flexibility index (Phi) is 6.39. The van der Waals surface area contributed by atoms with Crippen molar-refractivity contribution in [2.24, 2.45) is 0 Å². The van der Waals surface area contributed by atoms with Crippen LogP contribution in [0.1, 0.15) is 22.0 Å². The number of hydrogen-bond acceptors (Lipinski definition) is 4. The quantitative estimate of drug-likeness (QED) is 0.808. The first kappa shape index (κ1) is 17.9. The molecule has 1 saturated heterocycles. The highest BCUT2D eigenvalue weighted by Gasteiger charge is 2.23. The summed E-state index contributed by atoms with van der Waals surface area (Å²) >= 11 is 1.74. The molecule has 1 fully saturated rings. The molecule has 1 atom stereocenters. The van der Waals surface area contributed by atoms with Gasteiger partial charge in [-0.3, -0.25) is 9.69 Å². The maximum absolute atomic E-state index is 12.2. The summed E-state index contributed by atoms with van der Waals surface area (Å²) in [4.78, 5) is 15.9. The number of carbonyl (C=O) groups is 1. The van der Waals surface area contributed by atoms with Crippen molar-refractivity contribution in [2.45, 2.75) is 13.0 Å². The van der Waals surface area contributed by atoms with Gasteiger partial charge in [0.15, 0.2) is 0 Å². The van der Waals surface area contributed by atoms with E-state index in [2.05, 4.69) is 33.8 Å². The van der Waals surface area contributed by atoms with Crippen molar-refractivity contribution in [1.29, 1.82) is 0 Å². The maximum Gasteiger partial charge on any atom is 0.244 e. The Bertz CT molecular complexity index is 706. The van der Waals surface area contributed by atoms with E-state index in [0.717, 1.165) is 31.9 Å². The lowest BCUT2D eigenvalue weighted by Crippen LogP contribution is -2.43. The van der Waals surface area contributed by atoms with Gasteiger partial charge in [-0.2, -0.15) is 0 Å². The number of rotatable bonds is 6. The molecule has 1 amide bonds. The number of amides is 1. The van der Waals surface area contributed by atoms with Gasteiger partial charge < -0.3 is 10.1 Å². The van der Waals surface area contributed by atoms with Crippen LogP contribution in [-0.2, 0) is 9.53 Å². The Hall–Kier alpha value is -1.95. The number of nitrogens with one attached hydrogen (secondary N) is 1. The van der Waals surface area contributed by atoms with Crippen LogP contribution in [0.4, 0.5) is 0 Å². The summed E-state index contributed by atoms with van der Waals surface area (Å²) in [5, 5.41) is 5.14. The molecule has 4 nitrogen and oxygen atoms in total. The third-order valence-corrected chi connectivity index (χ3v) is 5.27. The summed E-state index contributed by atoms with van der Waals surface area (Å²) in [6.07, 6.45) is 3.47. The minimum absolute atomic E-state index is 0.0590. The fraction of sp³-hybridized carbons (Fsp3) is 0.350. The Morgan fingerprint density at radius 1 is 1.32 bits per heavy atom. The number of benzene rings is 1. The van der Waals surface area contributed by atoms with Crippen molar-refractivity contribution >= 4 is 23.3 Å². The maximum atomic E-state index is 12.2. The molecule has 0 saturated carbocycles. The van der Waals surface area contributed by atoms with Gasteiger partial charge in [-0.25, -0.2) is 0 Å². The zero-order chi connectivity index (χ0) is 17.5. The number of morpholine rings is 1. The van der Waals surface area contributed by atoms with Gasteiger partial charge in [-0.15, -0.1) is 11.3 Å². The van der Waals surface area contributed by atoms with Crippen LogP contribution < -0.4 is 5.32 Å². The van der Waals surface area contributed by atoms with Crippen LogP contribution in [0, 0.1) is 6.92 Å². The van der Waals surface area contributed by atoms with E-state index >= 15 is 0 Å². The van der Waals surface area contributed by atoms with Crippen molar-refractivity contribution in [3.05, 3.63) is 63.9 Å². The summed E-state index contributed by atoms with van der Waals surface area (Å²) in [6.45, 7) is 5.96. The Morgan fingerprint density at radius 3 is 2.88 bits per heavy atom. The van der Waals surface area contributed by atoms with Crippen molar-refractivity contribution in [1.82, 2.24) is 10.2 Å². The predicted molar refractivity (Wildman–Crippen MR) is 103 cm³/mol. The molecule has 25 heavy (non-hydrogen) atoms. The van der Waals surface area contributed by atoms with Crippen LogP contribution in [0.3, 0.4) is 0 Å². The van der Waals surface area contributed by atoms with Gasteiger partial charge in [0.2, 0.25) is 5.91 Å². The topological polar surface area (TPSA) is 41.6 Å². The van der Waals surface area contributed by atoms with Gasteiger partial charge in [0.1, 0.15) is 0 Å². The largest absolute Gasteiger partial charge is 0.379 e. The van der Waals surface area contributed by atoms with Crippen molar-refractivity contribution in [2.75, 3.05) is 32.8 Å². The van der Waals surface area contributed by atoms with Crippen LogP contribution in [-0.4, -0.2) is 43.7 Å². The third-order valence-electron chi connectivity index (χ3n) is 4.30. The summed E-state index contributed by atoms with van der Waals surface area (Å²) < 4.78 is 5.45. The lowest BCUT2D eigenvalue weighted by atomic mass is 10.1. The molecule has 1 aromatic carbocycles. The molecular formula is C20H24N2O2S. The highest BCUT2D eigenvalue weighted by Crippen LogP contribution is 2.25. The van der Waals surface area contributed by atoms with E-state index < -0.39 is 0 Å². The highest BCUT2D eigenvalue weighted by atomic mass is 32.1. The second kappa shape index (κ2) is 8.94. The normalized spacial score (nSPS) is 16.8. The van der Waals surface area contributed by atoms with E-state index in [1.54, 1.807) is 17.4 Å². The number of thiophene rings is 1. The Morgan fingerprint density at radius 2 is 2.16 bits per heavy atom. The van der Waals surface area contributed by atoms with Crippen LogP contribution in [0.5, 0.6) is 0 Å². The molecule has 1 aliphatic heterocycles. The SMILES string of the molecule is Cc1cccc(/C=C/C(=O)NCC(c2cccs2)N2CCOCC2)c1. The van der Waals surface area contributed by atoms with Crippen LogP contribution >= 0.6 is 11.3 Å². The number of aryl methyl sites for hydroxylation is 1. The second-order valence-electron chi connectivity index (χ2n) is 6.17. The molecule has 0 radical (unpaired) electrons. The molecule has 1 unspecified atom stereocenters. The lowest BCUT2D eigenvalue weighted by Gasteiger charge is -2.34. The standard InChI is InChI=1S/C20H24N2O2S/c1-16-4-2-5-17(14-16)7-8-20(23)21-15-18(19-6-3-13-25-19)22-9-11-24-12-10-22/h2-8,13-14,18H,9-12,15H2,1H3,(H,21,23)/b8-7+. The first-order valence-corrected chi connectivity index (χ1v) is 9.48. The molecule has 2 aromatic rings. The zero-order valence-corrected chi connectivity index (χ0v) is 15.3. The third kappa shape index (κ3) is 5.26. The number of ether oxygens (including phenoxy) is 1. The monoisotopic (exact) mass is 356 g/mol. The fourth-order valence-electron chi connectivity index (χ4n) is 2.98. The Balaban J connectivity index is 1.59. The molecule has 132 valence electrons. The molecule has 3 rings (SSSR count). The summed E-state index contributed by atoms with van der Waals surface area (Å²) in [7, 11) is 0. The molecule has 1 N–H and O–H groups in total. The minimum Gasteiger partial charge on any atom is -0.379 e. The molecule has 1 aromatic heterocycles. The average Bonchev–Trinajstić information content (AvgIpc) is 3.15. The van der Waals surface area contributed by atoms with Crippen molar-refractivity contribution in [3.8, 4) is 0 Å². The first-order valence-electron chi connectivity index (χ1n) is 8.60. The average molecular weight is 356 g/mol. The van der Waals surface area contributed by atoms with Crippen molar-refractivity contribution < 1.29 is 9.53 Å². The summed E-state index contributed by atoms with van der Waals surface area (Å²) in [5.41, 5.74) is 2.23. The summed E-state index contributed by atoms with van der Waals surface area (Å²) in [5.74, 6) is -0.0590. The molecule has 0 bridgehead atoms. The number of hydrogen-bond donors (Lipinski definition) is 1. The van der Waals surface area contributed by atoms with E-state index in [4.69, 9.17) is 4.74 Å². The fourth-order valence-corrected chi connectivity index (χ4v) is 3.84. The van der Waals surface area contributed by atoms with E-state index in [-0.39, 0.29) is 11.9 Å². The van der Waals surface area contributed by atoms with Gasteiger partial charge in [0, 0.05) is 30.6 Å². The van der Waals surface area contributed by atoms with Crippen molar-refractivity contribution in [3.63, 3.8) is 0 Å².